The molecule has 1 amide bonds. The highest BCUT2D eigenvalue weighted by Crippen LogP contribution is 2.42. The van der Waals surface area contributed by atoms with Gasteiger partial charge in [-0.15, -0.1) is 0 Å². The lowest BCUT2D eigenvalue weighted by Crippen LogP contribution is -2.22. The van der Waals surface area contributed by atoms with Gasteiger partial charge in [0.2, 0.25) is 0 Å². The Labute approximate surface area is 136 Å². The van der Waals surface area contributed by atoms with Crippen molar-refractivity contribution in [2.45, 2.75) is 6.92 Å². The smallest absolute Gasteiger partial charge is 0.264 e. The summed E-state index contributed by atoms with van der Waals surface area (Å²) in [6.07, 6.45) is 1.39. The average molecular weight is 374 g/mol. The van der Waals surface area contributed by atoms with Gasteiger partial charge in [-0.05, 0) is 40.6 Å². The molecule has 0 fully saturated rings. The number of nitrogens with zero attached hydrogens (tertiary/aromatic N) is 2. The summed E-state index contributed by atoms with van der Waals surface area (Å²) in [5, 5.41) is 19.0. The molecular weight excluding hydrogens is 360 g/mol. The molecule has 21 heavy (non-hydrogen) atoms. The van der Waals surface area contributed by atoms with Gasteiger partial charge in [0.15, 0.2) is 11.5 Å². The molecule has 0 heterocycles. The van der Waals surface area contributed by atoms with Gasteiger partial charge in [0.25, 0.3) is 5.91 Å². The SMILES string of the molecule is CCOc1cc(/C=C(/C#N)C(=O)N(C)C)c(Br)c(Cl)c1O. The molecule has 0 aliphatic heterocycles. The van der Waals surface area contributed by atoms with Crippen molar-refractivity contribution in [3.8, 4) is 17.6 Å². The lowest BCUT2D eigenvalue weighted by atomic mass is 10.1. The van der Waals surface area contributed by atoms with Crippen molar-refractivity contribution < 1.29 is 14.6 Å². The number of phenolic OH excluding ortho intramolecular Hbond substituents is 1. The molecule has 1 rings (SSSR count). The Kier molecular flexibility index (Phi) is 6.06. The molecule has 0 aliphatic rings. The summed E-state index contributed by atoms with van der Waals surface area (Å²) in [5.41, 5.74) is 0.415. The van der Waals surface area contributed by atoms with E-state index in [1.165, 1.54) is 17.0 Å². The molecule has 0 aromatic heterocycles. The van der Waals surface area contributed by atoms with Crippen LogP contribution in [-0.4, -0.2) is 36.6 Å². The maximum absolute atomic E-state index is 11.9. The number of carbonyl (C=O) groups is 1. The van der Waals surface area contributed by atoms with Crippen LogP contribution >= 0.6 is 27.5 Å². The highest BCUT2D eigenvalue weighted by atomic mass is 79.9. The summed E-state index contributed by atoms with van der Waals surface area (Å²) in [4.78, 5) is 13.2. The van der Waals surface area contributed by atoms with Crippen molar-refractivity contribution in [3.63, 3.8) is 0 Å². The normalized spacial score (nSPS) is 11.0. The number of aromatic hydroxyl groups is 1. The van der Waals surface area contributed by atoms with Gasteiger partial charge in [-0.2, -0.15) is 5.26 Å². The predicted octanol–water partition coefficient (Wildman–Crippen LogP) is 3.20. The van der Waals surface area contributed by atoms with Gasteiger partial charge in [0.05, 0.1) is 6.61 Å². The van der Waals surface area contributed by atoms with E-state index in [0.717, 1.165) is 0 Å². The fourth-order valence-corrected chi connectivity index (χ4v) is 2.14. The average Bonchev–Trinajstić information content (AvgIpc) is 2.46. The Balaban J connectivity index is 3.43. The summed E-state index contributed by atoms with van der Waals surface area (Å²) in [7, 11) is 3.11. The van der Waals surface area contributed by atoms with Crippen LogP contribution in [0, 0.1) is 11.3 Å². The Hall–Kier alpha value is -1.71. The van der Waals surface area contributed by atoms with Crippen molar-refractivity contribution in [2.24, 2.45) is 0 Å². The number of nitriles is 1. The van der Waals surface area contributed by atoms with Crippen LogP contribution in [0.3, 0.4) is 0 Å². The van der Waals surface area contributed by atoms with Gasteiger partial charge in [0.1, 0.15) is 16.7 Å². The molecule has 0 saturated carbocycles. The van der Waals surface area contributed by atoms with Crippen LogP contribution in [0.4, 0.5) is 0 Å². The Morgan fingerprint density at radius 2 is 2.24 bits per heavy atom. The highest BCUT2D eigenvalue weighted by molar-refractivity contribution is 9.10. The molecule has 0 radical (unpaired) electrons. The maximum atomic E-state index is 11.9. The minimum absolute atomic E-state index is 0.0510. The van der Waals surface area contributed by atoms with Crippen molar-refractivity contribution in [1.29, 1.82) is 5.26 Å². The van der Waals surface area contributed by atoms with Crippen molar-refractivity contribution in [2.75, 3.05) is 20.7 Å². The topological polar surface area (TPSA) is 73.6 Å². The molecule has 0 atom stereocenters. The van der Waals surface area contributed by atoms with Gasteiger partial charge >= 0.3 is 0 Å². The molecule has 0 bridgehead atoms. The van der Waals surface area contributed by atoms with Crippen LogP contribution in [0.2, 0.25) is 5.02 Å². The van der Waals surface area contributed by atoms with E-state index in [9.17, 15) is 9.90 Å². The van der Waals surface area contributed by atoms with E-state index in [4.69, 9.17) is 21.6 Å². The first kappa shape index (κ1) is 17.3. The number of benzene rings is 1. The first-order valence-electron chi connectivity index (χ1n) is 6.00. The van der Waals surface area contributed by atoms with E-state index < -0.39 is 5.91 Å². The zero-order chi connectivity index (χ0) is 16.2. The van der Waals surface area contributed by atoms with Gasteiger partial charge < -0.3 is 14.7 Å². The quantitative estimate of drug-likeness (QED) is 0.650. The zero-order valence-electron chi connectivity index (χ0n) is 11.8. The third kappa shape index (κ3) is 3.90. The second-order valence-corrected chi connectivity index (χ2v) is 5.41. The zero-order valence-corrected chi connectivity index (χ0v) is 14.1. The number of halogens is 2. The van der Waals surface area contributed by atoms with E-state index >= 15 is 0 Å². The number of ether oxygens (including phenoxy) is 1. The Morgan fingerprint density at radius 3 is 2.71 bits per heavy atom. The molecule has 112 valence electrons. The fourth-order valence-electron chi connectivity index (χ4n) is 1.52. The molecule has 0 aliphatic carbocycles. The lowest BCUT2D eigenvalue weighted by Gasteiger charge is -2.12. The van der Waals surface area contributed by atoms with Crippen molar-refractivity contribution in [1.82, 2.24) is 4.90 Å². The van der Waals surface area contributed by atoms with Crippen LogP contribution in [0.5, 0.6) is 11.5 Å². The maximum Gasteiger partial charge on any atom is 0.264 e. The molecule has 0 unspecified atom stereocenters. The van der Waals surface area contributed by atoms with E-state index in [0.29, 0.717) is 16.6 Å². The van der Waals surface area contributed by atoms with E-state index in [1.54, 1.807) is 21.0 Å². The monoisotopic (exact) mass is 372 g/mol. The summed E-state index contributed by atoms with van der Waals surface area (Å²) < 4.78 is 5.65. The first-order valence-corrected chi connectivity index (χ1v) is 7.17. The summed E-state index contributed by atoms with van der Waals surface area (Å²) >= 11 is 9.24. The minimum Gasteiger partial charge on any atom is -0.503 e. The number of hydrogen-bond donors (Lipinski definition) is 1. The van der Waals surface area contributed by atoms with Crippen molar-refractivity contribution in [3.05, 3.63) is 26.7 Å². The Bertz CT molecular complexity index is 636. The van der Waals surface area contributed by atoms with Gasteiger partial charge in [-0.25, -0.2) is 0 Å². The highest BCUT2D eigenvalue weighted by Gasteiger charge is 2.17. The largest absolute Gasteiger partial charge is 0.503 e. The second kappa shape index (κ2) is 7.34. The molecule has 5 nitrogen and oxygen atoms in total. The third-order valence-electron chi connectivity index (χ3n) is 2.53. The molecule has 1 aromatic rings. The van der Waals surface area contributed by atoms with Crippen LogP contribution in [0.25, 0.3) is 6.08 Å². The molecule has 7 heteroatoms. The third-order valence-corrected chi connectivity index (χ3v) is 3.98. The molecule has 0 saturated heterocycles. The summed E-state index contributed by atoms with van der Waals surface area (Å²) in [5.74, 6) is -0.432. The molecular formula is C14H14BrClN2O3. The lowest BCUT2D eigenvalue weighted by molar-refractivity contribution is -0.124. The molecule has 0 spiro atoms. The number of likely N-dealkylation sites (N-methyl/N-ethyl adjacent to an activating group) is 1. The van der Waals surface area contributed by atoms with Gasteiger partial charge in [0, 0.05) is 18.6 Å². The number of phenols is 1. The number of rotatable bonds is 4. The van der Waals surface area contributed by atoms with E-state index in [-0.39, 0.29) is 22.1 Å². The van der Waals surface area contributed by atoms with Crippen LogP contribution in [-0.2, 0) is 4.79 Å². The van der Waals surface area contributed by atoms with Crippen LogP contribution in [0.15, 0.2) is 16.1 Å². The van der Waals surface area contributed by atoms with Crippen molar-refractivity contribution >= 4 is 39.5 Å². The summed E-state index contributed by atoms with van der Waals surface area (Å²) in [6.45, 7) is 2.11. The van der Waals surface area contributed by atoms with E-state index in [1.807, 2.05) is 6.07 Å². The number of hydrogen-bond acceptors (Lipinski definition) is 4. The Morgan fingerprint density at radius 1 is 1.62 bits per heavy atom. The number of carbonyl (C=O) groups excluding carboxylic acids is 1. The van der Waals surface area contributed by atoms with Crippen LogP contribution in [0.1, 0.15) is 12.5 Å². The number of amides is 1. The standard InChI is InChI=1S/C14H14BrClN2O3/c1-4-21-10-6-8(11(15)12(16)13(10)19)5-9(7-17)14(20)18(2)3/h5-6,19H,4H2,1-3H3/b9-5-. The predicted molar refractivity (Wildman–Crippen MR) is 84.3 cm³/mol. The fraction of sp³-hybridized carbons (Fsp3) is 0.286. The first-order chi connectivity index (χ1) is 9.83. The van der Waals surface area contributed by atoms with Gasteiger partial charge in [-0.3, -0.25) is 4.79 Å². The minimum atomic E-state index is -0.424. The molecule has 1 N–H and O–H groups in total. The van der Waals surface area contributed by atoms with E-state index in [2.05, 4.69) is 15.9 Å². The summed E-state index contributed by atoms with van der Waals surface area (Å²) in [6, 6.07) is 3.36. The molecule has 1 aromatic carbocycles. The second-order valence-electron chi connectivity index (χ2n) is 4.24. The van der Waals surface area contributed by atoms with Crippen LogP contribution < -0.4 is 4.74 Å². The van der Waals surface area contributed by atoms with Gasteiger partial charge in [-0.1, -0.05) is 11.6 Å².